The van der Waals surface area contributed by atoms with Gasteiger partial charge in [0, 0.05) is 24.2 Å². The molecule has 4 heteroatoms. The van der Waals surface area contributed by atoms with E-state index in [1.165, 1.54) is 23.4 Å². The van der Waals surface area contributed by atoms with Gasteiger partial charge in [0.15, 0.2) is 12.3 Å². The SMILES string of the molecule is C[C@@H]1C[C@](CC[NH+](CC#N)Cc2ccco2)(c2ccccc2)[C@H](C)C[NH+]1C. The molecule has 3 rings (SSSR count). The van der Waals surface area contributed by atoms with Gasteiger partial charge in [-0.3, -0.25) is 0 Å². The standard InChI is InChI=1S/C23H31N3O/c1-19-17-25(3)20(2)16-23(19,21-8-5-4-6-9-21)11-13-26(14-12-24)18-22-10-7-15-27-22/h4-10,15,19-20H,11,13-14,16-18H2,1-3H3/p+2/t19-,20-,23+/m1/s1. The average molecular weight is 368 g/mol. The Morgan fingerprint density at radius 1 is 1.22 bits per heavy atom. The lowest BCUT2D eigenvalue weighted by molar-refractivity contribution is -0.918. The van der Waals surface area contributed by atoms with E-state index in [-0.39, 0.29) is 5.41 Å². The van der Waals surface area contributed by atoms with Gasteiger partial charge < -0.3 is 14.2 Å². The summed E-state index contributed by atoms with van der Waals surface area (Å²) in [6.07, 6.45) is 4.02. The fourth-order valence-electron chi connectivity index (χ4n) is 4.88. The van der Waals surface area contributed by atoms with Gasteiger partial charge in [-0.15, -0.1) is 0 Å². The normalized spacial score (nSPS) is 29.2. The number of rotatable bonds is 7. The van der Waals surface area contributed by atoms with Crippen LogP contribution in [0.25, 0.3) is 0 Å². The second-order valence-corrected chi connectivity index (χ2v) is 8.42. The van der Waals surface area contributed by atoms with Crippen molar-refractivity contribution >= 4 is 0 Å². The van der Waals surface area contributed by atoms with E-state index in [1.807, 2.05) is 12.1 Å². The molecule has 4 nitrogen and oxygen atoms in total. The highest BCUT2D eigenvalue weighted by Crippen LogP contribution is 2.40. The van der Waals surface area contributed by atoms with Crippen molar-refractivity contribution in [3.63, 3.8) is 0 Å². The third-order valence-corrected chi connectivity index (χ3v) is 6.69. The quantitative estimate of drug-likeness (QED) is 0.728. The van der Waals surface area contributed by atoms with Gasteiger partial charge >= 0.3 is 0 Å². The zero-order valence-corrected chi connectivity index (χ0v) is 16.9. The lowest BCUT2D eigenvalue weighted by Crippen LogP contribution is -3.15. The smallest absolute Gasteiger partial charge is 0.165 e. The summed E-state index contributed by atoms with van der Waals surface area (Å²) in [4.78, 5) is 2.92. The minimum atomic E-state index is 0.185. The predicted octanol–water partition coefficient (Wildman–Crippen LogP) is 1.46. The summed E-state index contributed by atoms with van der Waals surface area (Å²) in [7, 11) is 2.32. The van der Waals surface area contributed by atoms with Gasteiger partial charge in [0.25, 0.3) is 0 Å². The number of furan rings is 1. The van der Waals surface area contributed by atoms with Crippen molar-refractivity contribution in [1.82, 2.24) is 0 Å². The van der Waals surface area contributed by atoms with Crippen LogP contribution in [-0.4, -0.2) is 32.7 Å². The largest absolute Gasteiger partial charge is 0.463 e. The van der Waals surface area contributed by atoms with Crippen molar-refractivity contribution in [3.8, 4) is 6.07 Å². The lowest BCUT2D eigenvalue weighted by Gasteiger charge is -2.47. The molecule has 0 bridgehead atoms. The number of benzene rings is 1. The molecule has 1 fully saturated rings. The van der Waals surface area contributed by atoms with Crippen molar-refractivity contribution in [3.05, 3.63) is 60.1 Å². The van der Waals surface area contributed by atoms with Gasteiger partial charge in [-0.25, -0.2) is 0 Å². The molecule has 144 valence electrons. The fraction of sp³-hybridized carbons (Fsp3) is 0.522. The van der Waals surface area contributed by atoms with Crippen LogP contribution < -0.4 is 9.80 Å². The topological polar surface area (TPSA) is 45.8 Å². The van der Waals surface area contributed by atoms with E-state index in [2.05, 4.69) is 57.3 Å². The van der Waals surface area contributed by atoms with Gasteiger partial charge in [-0.1, -0.05) is 37.3 Å². The first-order valence-corrected chi connectivity index (χ1v) is 10.2. The summed E-state index contributed by atoms with van der Waals surface area (Å²) in [5.74, 6) is 1.58. The summed E-state index contributed by atoms with van der Waals surface area (Å²) < 4.78 is 5.53. The third-order valence-electron chi connectivity index (χ3n) is 6.69. The minimum Gasteiger partial charge on any atom is -0.463 e. The molecule has 0 spiro atoms. The molecule has 0 saturated carbocycles. The molecule has 1 aliphatic heterocycles. The second kappa shape index (κ2) is 8.73. The van der Waals surface area contributed by atoms with Gasteiger partial charge in [-0.05, 0) is 24.6 Å². The van der Waals surface area contributed by atoms with Crippen LogP contribution in [0.5, 0.6) is 0 Å². The number of nitrogens with zero attached hydrogens (tertiary/aromatic N) is 1. The number of hydrogen-bond donors (Lipinski definition) is 2. The molecule has 2 heterocycles. The molecule has 1 aliphatic rings. The van der Waals surface area contributed by atoms with Gasteiger partial charge in [0.2, 0.25) is 0 Å². The average Bonchev–Trinajstić information content (AvgIpc) is 3.17. The van der Waals surface area contributed by atoms with Crippen LogP contribution in [0.15, 0.2) is 53.1 Å². The van der Waals surface area contributed by atoms with E-state index >= 15 is 0 Å². The molecule has 0 radical (unpaired) electrons. The Labute approximate surface area is 163 Å². The van der Waals surface area contributed by atoms with Crippen molar-refractivity contribution in [2.24, 2.45) is 5.92 Å². The van der Waals surface area contributed by atoms with E-state index in [0.717, 1.165) is 25.3 Å². The Balaban J connectivity index is 1.82. The summed E-state index contributed by atoms with van der Waals surface area (Å²) >= 11 is 0. The second-order valence-electron chi connectivity index (χ2n) is 8.42. The summed E-state index contributed by atoms with van der Waals surface area (Å²) in [6, 6.07) is 18.0. The van der Waals surface area contributed by atoms with Crippen molar-refractivity contribution in [1.29, 1.82) is 5.26 Å². The van der Waals surface area contributed by atoms with Crippen LogP contribution in [0.1, 0.15) is 38.0 Å². The minimum absolute atomic E-state index is 0.185. The Morgan fingerprint density at radius 3 is 2.67 bits per heavy atom. The summed E-state index contributed by atoms with van der Waals surface area (Å²) in [5.41, 5.74) is 1.65. The molecule has 1 saturated heterocycles. The first kappa shape index (κ1) is 19.7. The summed E-state index contributed by atoms with van der Waals surface area (Å²) in [6.45, 7) is 8.27. The maximum Gasteiger partial charge on any atom is 0.165 e. The van der Waals surface area contributed by atoms with Crippen molar-refractivity contribution < 1.29 is 14.2 Å². The van der Waals surface area contributed by atoms with E-state index in [0.29, 0.717) is 18.5 Å². The van der Waals surface area contributed by atoms with Gasteiger partial charge in [-0.2, -0.15) is 5.26 Å². The van der Waals surface area contributed by atoms with E-state index in [4.69, 9.17) is 4.42 Å². The predicted molar refractivity (Wildman–Crippen MR) is 106 cm³/mol. The third kappa shape index (κ3) is 4.43. The number of nitrogens with one attached hydrogen (secondary N) is 2. The Kier molecular flexibility index (Phi) is 6.36. The maximum absolute atomic E-state index is 9.31. The highest BCUT2D eigenvalue weighted by atomic mass is 16.3. The molecule has 0 aliphatic carbocycles. The van der Waals surface area contributed by atoms with Crippen molar-refractivity contribution in [2.75, 3.05) is 26.7 Å². The highest BCUT2D eigenvalue weighted by molar-refractivity contribution is 5.27. The Morgan fingerprint density at radius 2 is 2.00 bits per heavy atom. The highest BCUT2D eigenvalue weighted by Gasteiger charge is 2.46. The number of quaternary nitrogens is 2. The molecule has 2 unspecified atom stereocenters. The van der Waals surface area contributed by atoms with Gasteiger partial charge in [0.05, 0.1) is 32.4 Å². The van der Waals surface area contributed by atoms with Crippen LogP contribution in [0.2, 0.25) is 0 Å². The molecule has 1 aromatic heterocycles. The zero-order chi connectivity index (χ0) is 19.3. The molecule has 5 atom stereocenters. The fourth-order valence-corrected chi connectivity index (χ4v) is 4.88. The number of likely N-dealkylation sites (tertiary alicyclic amines) is 1. The Hall–Kier alpha value is -2.09. The molecular formula is C23H33N3O+2. The number of piperidine rings is 1. The van der Waals surface area contributed by atoms with E-state index in [1.54, 1.807) is 11.2 Å². The van der Waals surface area contributed by atoms with Crippen LogP contribution in [0.4, 0.5) is 0 Å². The lowest BCUT2D eigenvalue weighted by atomic mass is 9.63. The molecule has 27 heavy (non-hydrogen) atoms. The first-order valence-electron chi connectivity index (χ1n) is 10.2. The zero-order valence-electron chi connectivity index (χ0n) is 16.9. The van der Waals surface area contributed by atoms with Gasteiger partial charge in [0.1, 0.15) is 12.6 Å². The van der Waals surface area contributed by atoms with Crippen LogP contribution >= 0.6 is 0 Å². The molecule has 0 amide bonds. The van der Waals surface area contributed by atoms with Crippen LogP contribution in [0.3, 0.4) is 0 Å². The molecule has 2 N–H and O–H groups in total. The molecule has 1 aromatic carbocycles. The maximum atomic E-state index is 9.31. The first-order chi connectivity index (χ1) is 13.0. The van der Waals surface area contributed by atoms with E-state index < -0.39 is 0 Å². The number of nitriles is 1. The monoisotopic (exact) mass is 367 g/mol. The molecule has 2 aromatic rings. The Bertz CT molecular complexity index is 737. The van der Waals surface area contributed by atoms with Crippen LogP contribution in [0, 0.1) is 17.2 Å². The molecular weight excluding hydrogens is 334 g/mol. The number of hydrogen-bond acceptors (Lipinski definition) is 2. The van der Waals surface area contributed by atoms with E-state index in [9.17, 15) is 5.26 Å². The van der Waals surface area contributed by atoms with Crippen LogP contribution in [-0.2, 0) is 12.0 Å². The summed E-state index contributed by atoms with van der Waals surface area (Å²) in [5, 5.41) is 9.31. The van der Waals surface area contributed by atoms with Crippen molar-refractivity contribution in [2.45, 2.75) is 44.7 Å².